The minimum absolute atomic E-state index is 0.161. The monoisotopic (exact) mass is 473 g/mol. The normalized spacial score (nSPS) is 14.3. The van der Waals surface area contributed by atoms with Gasteiger partial charge in [-0.15, -0.1) is 17.9 Å². The molecule has 0 spiro atoms. The third kappa shape index (κ3) is 5.43. The first-order valence-corrected chi connectivity index (χ1v) is 11.3. The number of aromatic nitrogens is 1. The van der Waals surface area contributed by atoms with E-state index in [1.54, 1.807) is 16.3 Å². The highest BCUT2D eigenvalue weighted by molar-refractivity contribution is 7.13. The molecule has 0 saturated carbocycles. The second-order valence-corrected chi connectivity index (χ2v) is 8.44. The van der Waals surface area contributed by atoms with Gasteiger partial charge < -0.3 is 9.64 Å². The maximum atomic E-state index is 14.7. The van der Waals surface area contributed by atoms with Crippen molar-refractivity contribution in [3.63, 3.8) is 0 Å². The minimum Gasteiger partial charge on any atom is -0.489 e. The molecular formula is C24H22F3N3O2S. The van der Waals surface area contributed by atoms with Gasteiger partial charge in [0.2, 0.25) is 0 Å². The van der Waals surface area contributed by atoms with Crippen LogP contribution in [0.25, 0.3) is 10.6 Å². The Balaban J connectivity index is 1.40. The summed E-state index contributed by atoms with van der Waals surface area (Å²) in [6.07, 6.45) is 1.84. The molecule has 4 rings (SSSR count). The molecule has 0 radical (unpaired) electrons. The van der Waals surface area contributed by atoms with E-state index in [1.165, 1.54) is 29.5 Å². The lowest BCUT2D eigenvalue weighted by molar-refractivity contribution is 0.0645. The van der Waals surface area contributed by atoms with Gasteiger partial charge in [0.1, 0.15) is 40.5 Å². The van der Waals surface area contributed by atoms with Crippen LogP contribution < -0.4 is 4.74 Å². The number of piperazine rings is 1. The molecule has 1 aliphatic rings. The standard InChI is InChI=1S/C24H22F3N3O2S/c1-2-7-29-8-10-30(11-9-29)24(31)22-15-33-23(28-22)19-6-5-18(13-21(19)27)32-14-16-3-4-17(25)12-20(16)26/h2-6,12-13,15H,1,7-11,14H2. The first kappa shape index (κ1) is 23.0. The second-order valence-electron chi connectivity index (χ2n) is 7.59. The summed E-state index contributed by atoms with van der Waals surface area (Å²) in [5, 5.41) is 2.02. The van der Waals surface area contributed by atoms with E-state index in [0.29, 0.717) is 23.8 Å². The lowest BCUT2D eigenvalue weighted by atomic mass is 10.2. The van der Waals surface area contributed by atoms with Crippen molar-refractivity contribution in [3.8, 4) is 16.3 Å². The molecule has 3 aromatic rings. The van der Waals surface area contributed by atoms with Crippen molar-refractivity contribution in [3.05, 3.63) is 83.1 Å². The Labute approximate surface area is 193 Å². The lowest BCUT2D eigenvalue weighted by Gasteiger charge is -2.33. The van der Waals surface area contributed by atoms with E-state index in [2.05, 4.69) is 16.5 Å². The van der Waals surface area contributed by atoms with Crippen LogP contribution in [0, 0.1) is 17.5 Å². The maximum absolute atomic E-state index is 14.7. The highest BCUT2D eigenvalue weighted by Gasteiger charge is 2.24. The average Bonchev–Trinajstić information content (AvgIpc) is 3.29. The fourth-order valence-corrected chi connectivity index (χ4v) is 4.35. The summed E-state index contributed by atoms with van der Waals surface area (Å²) in [7, 11) is 0. The molecule has 33 heavy (non-hydrogen) atoms. The van der Waals surface area contributed by atoms with E-state index < -0.39 is 17.5 Å². The number of nitrogens with zero attached hydrogens (tertiary/aromatic N) is 3. The van der Waals surface area contributed by atoms with Gasteiger partial charge in [0.05, 0.1) is 0 Å². The summed E-state index contributed by atoms with van der Waals surface area (Å²) in [4.78, 5) is 21.1. The van der Waals surface area contributed by atoms with Crippen molar-refractivity contribution in [1.29, 1.82) is 0 Å². The SMILES string of the molecule is C=CCN1CCN(C(=O)c2csc(-c3ccc(OCc4ccc(F)cc4F)cc3F)n2)CC1. The molecule has 0 unspecified atom stereocenters. The van der Waals surface area contributed by atoms with E-state index in [0.717, 1.165) is 31.8 Å². The summed E-state index contributed by atoms with van der Waals surface area (Å²) >= 11 is 1.19. The number of thiazole rings is 1. The summed E-state index contributed by atoms with van der Waals surface area (Å²) < 4.78 is 46.9. The summed E-state index contributed by atoms with van der Waals surface area (Å²) in [5.74, 6) is -1.95. The second kappa shape index (κ2) is 10.2. The Kier molecular flexibility index (Phi) is 7.10. The largest absolute Gasteiger partial charge is 0.489 e. The van der Waals surface area contributed by atoms with Crippen LogP contribution >= 0.6 is 11.3 Å². The highest BCUT2D eigenvalue weighted by Crippen LogP contribution is 2.30. The lowest BCUT2D eigenvalue weighted by Crippen LogP contribution is -2.48. The molecule has 9 heteroatoms. The topological polar surface area (TPSA) is 45.7 Å². The molecule has 2 aromatic carbocycles. The molecule has 1 aromatic heterocycles. The van der Waals surface area contributed by atoms with Crippen molar-refractivity contribution < 1.29 is 22.7 Å². The number of amides is 1. The highest BCUT2D eigenvalue weighted by atomic mass is 32.1. The fraction of sp³-hybridized carbons (Fsp3) is 0.250. The van der Waals surface area contributed by atoms with E-state index >= 15 is 0 Å². The van der Waals surface area contributed by atoms with Gasteiger partial charge in [0, 0.05) is 61.4 Å². The molecule has 5 nitrogen and oxygen atoms in total. The van der Waals surface area contributed by atoms with Crippen LogP contribution in [-0.4, -0.2) is 53.4 Å². The van der Waals surface area contributed by atoms with E-state index in [9.17, 15) is 18.0 Å². The number of halogens is 3. The Hall–Kier alpha value is -3.17. The molecule has 172 valence electrons. The van der Waals surface area contributed by atoms with Crippen molar-refractivity contribution in [2.24, 2.45) is 0 Å². The van der Waals surface area contributed by atoms with Gasteiger partial charge in [0.15, 0.2) is 0 Å². The molecule has 2 heterocycles. The number of hydrogen-bond acceptors (Lipinski definition) is 5. The van der Waals surface area contributed by atoms with Gasteiger partial charge in [-0.05, 0) is 24.3 Å². The minimum atomic E-state index is -0.728. The number of rotatable bonds is 7. The van der Waals surface area contributed by atoms with Gasteiger partial charge >= 0.3 is 0 Å². The molecular weight excluding hydrogens is 451 g/mol. The van der Waals surface area contributed by atoms with Crippen molar-refractivity contribution in [2.75, 3.05) is 32.7 Å². The average molecular weight is 474 g/mol. The summed E-state index contributed by atoms with van der Waals surface area (Å²) in [6.45, 7) is 7.11. The zero-order valence-electron chi connectivity index (χ0n) is 17.8. The van der Waals surface area contributed by atoms with Gasteiger partial charge in [-0.2, -0.15) is 0 Å². The predicted octanol–water partition coefficient (Wildman–Crippen LogP) is 4.75. The quantitative estimate of drug-likeness (QED) is 0.465. The van der Waals surface area contributed by atoms with Gasteiger partial charge in [-0.3, -0.25) is 9.69 Å². The molecule has 0 aliphatic carbocycles. The van der Waals surface area contributed by atoms with E-state index in [-0.39, 0.29) is 29.4 Å². The Bertz CT molecular complexity index is 1160. The number of hydrogen-bond donors (Lipinski definition) is 0. The molecule has 0 bridgehead atoms. The first-order valence-electron chi connectivity index (χ1n) is 10.4. The van der Waals surface area contributed by atoms with Gasteiger partial charge in [0.25, 0.3) is 5.91 Å². The van der Waals surface area contributed by atoms with Crippen LogP contribution in [0.4, 0.5) is 13.2 Å². The third-order valence-electron chi connectivity index (χ3n) is 5.35. The van der Waals surface area contributed by atoms with Crippen molar-refractivity contribution in [2.45, 2.75) is 6.61 Å². The summed E-state index contributed by atoms with van der Waals surface area (Å²) in [5.41, 5.74) is 0.697. The van der Waals surface area contributed by atoms with E-state index in [4.69, 9.17) is 4.74 Å². The Morgan fingerprint density at radius 3 is 2.58 bits per heavy atom. The zero-order chi connectivity index (χ0) is 23.4. The fourth-order valence-electron chi connectivity index (χ4n) is 3.53. The Morgan fingerprint density at radius 1 is 1.09 bits per heavy atom. The maximum Gasteiger partial charge on any atom is 0.273 e. The van der Waals surface area contributed by atoms with E-state index in [1.807, 2.05) is 6.08 Å². The van der Waals surface area contributed by atoms with Crippen LogP contribution in [0.1, 0.15) is 16.1 Å². The van der Waals surface area contributed by atoms with Crippen LogP contribution in [0.3, 0.4) is 0 Å². The molecule has 1 fully saturated rings. The number of benzene rings is 2. The van der Waals surface area contributed by atoms with Gasteiger partial charge in [-0.25, -0.2) is 18.2 Å². The molecule has 0 atom stereocenters. The van der Waals surface area contributed by atoms with Crippen molar-refractivity contribution in [1.82, 2.24) is 14.8 Å². The van der Waals surface area contributed by atoms with Gasteiger partial charge in [-0.1, -0.05) is 6.08 Å². The summed E-state index contributed by atoms with van der Waals surface area (Å²) in [6, 6.07) is 7.41. The molecule has 1 saturated heterocycles. The molecule has 0 N–H and O–H groups in total. The van der Waals surface area contributed by atoms with Crippen LogP contribution in [0.5, 0.6) is 5.75 Å². The first-order chi connectivity index (χ1) is 15.9. The van der Waals surface area contributed by atoms with Crippen LogP contribution in [0.15, 0.2) is 54.4 Å². The Morgan fingerprint density at radius 2 is 1.88 bits per heavy atom. The zero-order valence-corrected chi connectivity index (χ0v) is 18.6. The van der Waals surface area contributed by atoms with Crippen LogP contribution in [0.2, 0.25) is 0 Å². The third-order valence-corrected chi connectivity index (χ3v) is 6.23. The van der Waals surface area contributed by atoms with Crippen molar-refractivity contribution >= 4 is 17.2 Å². The van der Waals surface area contributed by atoms with Crippen LogP contribution in [-0.2, 0) is 6.61 Å². The predicted molar refractivity (Wildman–Crippen MR) is 121 cm³/mol. The number of carbonyl (C=O) groups is 1. The smallest absolute Gasteiger partial charge is 0.273 e. The number of carbonyl (C=O) groups excluding carboxylic acids is 1. The number of ether oxygens (including phenoxy) is 1. The molecule has 1 amide bonds. The molecule has 1 aliphatic heterocycles.